The Kier molecular flexibility index (Phi) is 4.58. The zero-order valence-electron chi connectivity index (χ0n) is 14.2. The molecule has 2 aliphatic carbocycles. The van der Waals surface area contributed by atoms with Gasteiger partial charge < -0.3 is 14.7 Å². The topological polar surface area (TPSA) is 79.7 Å². The molecule has 24 heavy (non-hydrogen) atoms. The lowest BCUT2D eigenvalue weighted by Gasteiger charge is -2.57. The van der Waals surface area contributed by atoms with Crippen LogP contribution in [0, 0.1) is 5.41 Å². The summed E-state index contributed by atoms with van der Waals surface area (Å²) in [6, 6.07) is 3.08. The lowest BCUT2D eigenvalue weighted by Crippen LogP contribution is -2.64. The summed E-state index contributed by atoms with van der Waals surface area (Å²) in [6.07, 6.45) is 7.01. The molecule has 2 fully saturated rings. The van der Waals surface area contributed by atoms with Crippen LogP contribution in [0.5, 0.6) is 0 Å². The molecule has 1 amide bonds. The Morgan fingerprint density at radius 3 is 2.75 bits per heavy atom. The molecule has 0 bridgehead atoms. The van der Waals surface area contributed by atoms with Gasteiger partial charge in [0.15, 0.2) is 0 Å². The number of nitrogens with zero attached hydrogens (tertiary/aromatic N) is 2. The molecule has 1 spiro atoms. The van der Waals surface area contributed by atoms with Gasteiger partial charge in [-0.2, -0.15) is 0 Å². The Bertz CT molecular complexity index is 640. The van der Waals surface area contributed by atoms with Crippen molar-refractivity contribution in [3.8, 4) is 0 Å². The van der Waals surface area contributed by atoms with Crippen LogP contribution in [0.4, 0.5) is 0 Å². The molecular formula is C18H24N2O4. The summed E-state index contributed by atoms with van der Waals surface area (Å²) in [5.74, 6) is -1.27. The number of amides is 1. The van der Waals surface area contributed by atoms with Gasteiger partial charge in [0.1, 0.15) is 5.69 Å². The minimum atomic E-state index is -1.13. The van der Waals surface area contributed by atoms with E-state index in [0.29, 0.717) is 12.2 Å². The normalized spacial score (nSPS) is 24.6. The van der Waals surface area contributed by atoms with E-state index in [-0.39, 0.29) is 29.2 Å². The van der Waals surface area contributed by atoms with E-state index >= 15 is 0 Å². The minimum absolute atomic E-state index is 0.0725. The molecule has 6 nitrogen and oxygen atoms in total. The molecule has 2 atom stereocenters. The van der Waals surface area contributed by atoms with E-state index in [4.69, 9.17) is 9.84 Å². The van der Waals surface area contributed by atoms with E-state index in [1.165, 1.54) is 25.1 Å². The highest BCUT2D eigenvalue weighted by atomic mass is 16.5. The molecule has 0 aliphatic heterocycles. The molecule has 2 aliphatic rings. The van der Waals surface area contributed by atoms with Crippen LogP contribution in [0.1, 0.15) is 59.9 Å². The molecule has 1 N–H and O–H groups in total. The van der Waals surface area contributed by atoms with E-state index in [2.05, 4.69) is 4.98 Å². The quantitative estimate of drug-likeness (QED) is 0.896. The third-order valence-corrected chi connectivity index (χ3v) is 5.66. The molecule has 0 aromatic carbocycles. The van der Waals surface area contributed by atoms with Crippen LogP contribution in [-0.4, -0.2) is 52.7 Å². The third kappa shape index (κ3) is 2.69. The van der Waals surface area contributed by atoms with E-state index in [9.17, 15) is 9.59 Å². The van der Waals surface area contributed by atoms with Crippen molar-refractivity contribution in [2.45, 2.75) is 51.2 Å². The van der Waals surface area contributed by atoms with Gasteiger partial charge in [-0.1, -0.05) is 12.8 Å². The predicted octanol–water partition coefficient (Wildman–Crippen LogP) is 2.59. The largest absolute Gasteiger partial charge is 0.477 e. The first kappa shape index (κ1) is 16.9. The van der Waals surface area contributed by atoms with Crippen molar-refractivity contribution in [1.29, 1.82) is 0 Å². The first-order valence-electron chi connectivity index (χ1n) is 8.57. The monoisotopic (exact) mass is 332 g/mol. The lowest BCUT2D eigenvalue weighted by molar-refractivity contribution is -0.152. The maximum absolute atomic E-state index is 12.8. The van der Waals surface area contributed by atoms with Crippen LogP contribution in [0.25, 0.3) is 0 Å². The molecule has 130 valence electrons. The van der Waals surface area contributed by atoms with Crippen LogP contribution in [0.3, 0.4) is 0 Å². The first-order valence-corrected chi connectivity index (χ1v) is 8.57. The Morgan fingerprint density at radius 1 is 1.42 bits per heavy atom. The van der Waals surface area contributed by atoms with Gasteiger partial charge in [0, 0.05) is 36.9 Å². The Morgan fingerprint density at radius 2 is 2.12 bits per heavy atom. The van der Waals surface area contributed by atoms with Gasteiger partial charge >= 0.3 is 5.97 Å². The van der Waals surface area contributed by atoms with Gasteiger partial charge in [0.05, 0.1) is 6.10 Å². The lowest BCUT2D eigenvalue weighted by atomic mass is 9.60. The molecule has 1 heterocycles. The van der Waals surface area contributed by atoms with E-state index in [0.717, 1.165) is 19.3 Å². The van der Waals surface area contributed by atoms with Gasteiger partial charge in [-0.25, -0.2) is 9.78 Å². The summed E-state index contributed by atoms with van der Waals surface area (Å²) in [5.41, 5.74) is 0.340. The van der Waals surface area contributed by atoms with Crippen molar-refractivity contribution in [2.24, 2.45) is 5.41 Å². The molecule has 0 radical (unpaired) electrons. The van der Waals surface area contributed by atoms with Gasteiger partial charge in [-0.15, -0.1) is 0 Å². The summed E-state index contributed by atoms with van der Waals surface area (Å²) in [4.78, 5) is 29.4. The summed E-state index contributed by atoms with van der Waals surface area (Å²) in [5, 5.41) is 9.05. The third-order valence-electron chi connectivity index (χ3n) is 5.66. The van der Waals surface area contributed by atoms with Gasteiger partial charge in [0.25, 0.3) is 5.91 Å². The maximum Gasteiger partial charge on any atom is 0.354 e. The zero-order chi connectivity index (χ0) is 17.3. The molecule has 1 aromatic rings. The number of carbonyl (C=O) groups excluding carboxylic acids is 1. The Labute approximate surface area is 141 Å². The second-order valence-corrected chi connectivity index (χ2v) is 6.79. The smallest absolute Gasteiger partial charge is 0.354 e. The number of aromatic nitrogens is 1. The van der Waals surface area contributed by atoms with Crippen LogP contribution < -0.4 is 0 Å². The SMILES string of the molecule is CCOC1CC(N(C)C(=O)c2ccnc(C(=O)O)c2)C12CCCC2. The van der Waals surface area contributed by atoms with Crippen molar-refractivity contribution < 1.29 is 19.4 Å². The fourth-order valence-electron chi connectivity index (χ4n) is 4.42. The number of carboxylic acid groups (broad SMARTS) is 1. The number of pyridine rings is 1. The van der Waals surface area contributed by atoms with Crippen molar-refractivity contribution in [3.05, 3.63) is 29.6 Å². The summed E-state index contributed by atoms with van der Waals surface area (Å²) in [6.45, 7) is 2.71. The highest BCUT2D eigenvalue weighted by Crippen LogP contribution is 2.56. The highest BCUT2D eigenvalue weighted by Gasteiger charge is 2.58. The predicted molar refractivity (Wildman–Crippen MR) is 88.0 cm³/mol. The average molecular weight is 332 g/mol. The average Bonchev–Trinajstić information content (AvgIpc) is 3.10. The zero-order valence-corrected chi connectivity index (χ0v) is 14.2. The summed E-state index contributed by atoms with van der Waals surface area (Å²) in [7, 11) is 1.82. The Hall–Kier alpha value is -1.95. The second-order valence-electron chi connectivity index (χ2n) is 6.79. The van der Waals surface area contributed by atoms with E-state index in [1.807, 2.05) is 14.0 Å². The van der Waals surface area contributed by atoms with Crippen LogP contribution >= 0.6 is 0 Å². The van der Waals surface area contributed by atoms with Crippen molar-refractivity contribution in [2.75, 3.05) is 13.7 Å². The number of hydrogen-bond acceptors (Lipinski definition) is 4. The molecule has 6 heteroatoms. The fourth-order valence-corrected chi connectivity index (χ4v) is 4.42. The fraction of sp³-hybridized carbons (Fsp3) is 0.611. The van der Waals surface area contributed by atoms with Crippen LogP contribution in [-0.2, 0) is 4.74 Å². The van der Waals surface area contributed by atoms with Crippen LogP contribution in [0.2, 0.25) is 0 Å². The molecule has 0 saturated heterocycles. The number of carboxylic acids is 1. The van der Waals surface area contributed by atoms with E-state index in [1.54, 1.807) is 11.0 Å². The van der Waals surface area contributed by atoms with Crippen molar-refractivity contribution >= 4 is 11.9 Å². The first-order chi connectivity index (χ1) is 11.5. The van der Waals surface area contributed by atoms with Crippen molar-refractivity contribution in [3.63, 3.8) is 0 Å². The molecule has 2 saturated carbocycles. The van der Waals surface area contributed by atoms with Crippen LogP contribution in [0.15, 0.2) is 18.3 Å². The molecular weight excluding hydrogens is 308 g/mol. The number of aromatic carboxylic acids is 1. The van der Waals surface area contributed by atoms with Gasteiger partial charge in [-0.3, -0.25) is 4.79 Å². The molecule has 3 rings (SSSR count). The summed E-state index contributed by atoms with van der Waals surface area (Å²) < 4.78 is 5.91. The number of carbonyl (C=O) groups is 2. The number of hydrogen-bond donors (Lipinski definition) is 1. The maximum atomic E-state index is 12.8. The van der Waals surface area contributed by atoms with Crippen molar-refractivity contribution in [1.82, 2.24) is 9.88 Å². The molecule has 2 unspecified atom stereocenters. The van der Waals surface area contributed by atoms with Gasteiger partial charge in [-0.05, 0) is 38.3 Å². The molecule has 1 aromatic heterocycles. The number of ether oxygens (including phenoxy) is 1. The number of rotatable bonds is 5. The summed E-state index contributed by atoms with van der Waals surface area (Å²) >= 11 is 0. The Balaban J connectivity index is 1.79. The van der Waals surface area contributed by atoms with E-state index < -0.39 is 5.97 Å². The second kappa shape index (κ2) is 6.51. The van der Waals surface area contributed by atoms with Gasteiger partial charge in [0.2, 0.25) is 0 Å². The standard InChI is InChI=1S/C18H24N2O4/c1-3-24-15-11-14(18(15)7-4-5-8-18)20(2)16(21)12-6-9-19-13(10-12)17(22)23/h6,9-10,14-15H,3-5,7-8,11H2,1-2H3,(H,22,23). The minimum Gasteiger partial charge on any atom is -0.477 e. The highest BCUT2D eigenvalue weighted by molar-refractivity contribution is 5.96.